The Morgan fingerprint density at radius 3 is 2.78 bits per heavy atom. The van der Waals surface area contributed by atoms with Gasteiger partial charge in [-0.1, -0.05) is 0 Å². The molecule has 0 bridgehead atoms. The molecule has 2 aromatic rings. The van der Waals surface area contributed by atoms with Crippen LogP contribution in [0.4, 0.5) is 5.82 Å². The Morgan fingerprint density at radius 2 is 2.04 bits per heavy atom. The first kappa shape index (κ1) is 14.3. The molecule has 0 amide bonds. The Hall–Kier alpha value is -2.30. The number of nitrogens with zero attached hydrogens (tertiary/aromatic N) is 4. The number of ether oxygens (including phenoxy) is 3. The molecule has 0 spiro atoms. The highest BCUT2D eigenvalue weighted by molar-refractivity contribution is 5.81. The van der Waals surface area contributed by atoms with Gasteiger partial charge in [-0.05, 0) is 13.8 Å². The Labute approximate surface area is 130 Å². The monoisotopic (exact) mass is 321 g/mol. The number of aliphatic carboxylic acids is 1. The second-order valence-electron chi connectivity index (χ2n) is 5.93. The second-order valence-corrected chi connectivity index (χ2v) is 5.93. The number of nitrogen functional groups attached to an aromatic ring is 1. The van der Waals surface area contributed by atoms with Gasteiger partial charge in [-0.3, -0.25) is 4.57 Å². The third-order valence-electron chi connectivity index (χ3n) is 3.93. The SMILES string of the molecule is CC1(C)O[C@@H]2[C@H](O1)[C@H](n1cnc3c(N)ncnc31)O[C@@H]2C(=O)O. The predicted molar refractivity (Wildman–Crippen MR) is 75.1 cm³/mol. The highest BCUT2D eigenvalue weighted by atomic mass is 16.8. The van der Waals surface area contributed by atoms with E-state index in [2.05, 4.69) is 15.0 Å². The van der Waals surface area contributed by atoms with Crippen LogP contribution in [0.25, 0.3) is 11.2 Å². The molecule has 23 heavy (non-hydrogen) atoms. The Kier molecular flexibility index (Phi) is 2.86. The molecule has 2 aliphatic heterocycles. The van der Waals surface area contributed by atoms with Crippen molar-refractivity contribution in [2.75, 3.05) is 5.73 Å². The molecule has 0 aromatic carbocycles. The lowest BCUT2D eigenvalue weighted by molar-refractivity contribution is -0.202. The number of fused-ring (bicyclic) bond motifs is 2. The third-order valence-corrected chi connectivity index (χ3v) is 3.93. The summed E-state index contributed by atoms with van der Waals surface area (Å²) in [4.78, 5) is 23.7. The molecule has 122 valence electrons. The van der Waals surface area contributed by atoms with E-state index in [-0.39, 0.29) is 5.82 Å². The largest absolute Gasteiger partial charge is 0.479 e. The third kappa shape index (κ3) is 2.06. The number of hydrogen-bond acceptors (Lipinski definition) is 8. The van der Waals surface area contributed by atoms with Gasteiger partial charge >= 0.3 is 5.97 Å². The van der Waals surface area contributed by atoms with Crippen molar-refractivity contribution in [1.29, 1.82) is 0 Å². The number of nitrogens with two attached hydrogens (primary N) is 1. The summed E-state index contributed by atoms with van der Waals surface area (Å²) in [5.74, 6) is -1.76. The van der Waals surface area contributed by atoms with E-state index in [4.69, 9.17) is 19.9 Å². The van der Waals surface area contributed by atoms with E-state index in [1.165, 1.54) is 12.7 Å². The van der Waals surface area contributed by atoms with E-state index in [0.29, 0.717) is 11.2 Å². The number of aromatic nitrogens is 4. The molecule has 10 heteroatoms. The molecule has 2 fully saturated rings. The van der Waals surface area contributed by atoms with Crippen molar-refractivity contribution < 1.29 is 24.1 Å². The van der Waals surface area contributed by atoms with Crippen LogP contribution in [0.15, 0.2) is 12.7 Å². The predicted octanol–water partition coefficient (Wildman–Crippen LogP) is -0.0894. The van der Waals surface area contributed by atoms with Gasteiger partial charge in [-0.2, -0.15) is 0 Å². The number of rotatable bonds is 2. The van der Waals surface area contributed by atoms with Crippen LogP contribution in [-0.2, 0) is 19.0 Å². The summed E-state index contributed by atoms with van der Waals surface area (Å²) in [6.45, 7) is 3.46. The quantitative estimate of drug-likeness (QED) is 0.777. The molecule has 0 radical (unpaired) electrons. The summed E-state index contributed by atoms with van der Waals surface area (Å²) >= 11 is 0. The van der Waals surface area contributed by atoms with Crippen LogP contribution in [0.3, 0.4) is 0 Å². The molecule has 0 saturated carbocycles. The minimum Gasteiger partial charge on any atom is -0.479 e. The molecule has 0 aliphatic carbocycles. The zero-order valence-electron chi connectivity index (χ0n) is 12.4. The summed E-state index contributed by atoms with van der Waals surface area (Å²) in [6, 6.07) is 0. The Balaban J connectivity index is 1.78. The molecule has 2 aromatic heterocycles. The van der Waals surface area contributed by atoms with Gasteiger partial charge in [0.15, 0.2) is 29.6 Å². The van der Waals surface area contributed by atoms with Crippen LogP contribution >= 0.6 is 0 Å². The van der Waals surface area contributed by atoms with Crippen LogP contribution in [0.1, 0.15) is 20.1 Å². The molecule has 2 aliphatic rings. The molecule has 4 atom stereocenters. The standard InChI is InChI=1S/C13H15N5O5/c1-13(2)22-6-7(23-13)11(21-8(6)12(19)20)18-4-17-5-9(14)15-3-16-10(5)18/h3-4,6-8,11H,1-2H3,(H,19,20)(H2,14,15,16)/t6-,7+,8+,11-/m1/s1. The number of imidazole rings is 1. The zero-order chi connectivity index (χ0) is 16.4. The van der Waals surface area contributed by atoms with E-state index in [1.54, 1.807) is 18.4 Å². The summed E-state index contributed by atoms with van der Waals surface area (Å²) in [5, 5.41) is 9.37. The minimum absolute atomic E-state index is 0.238. The highest BCUT2D eigenvalue weighted by Gasteiger charge is 2.58. The lowest BCUT2D eigenvalue weighted by Crippen LogP contribution is -2.35. The fourth-order valence-electron chi connectivity index (χ4n) is 3.06. The van der Waals surface area contributed by atoms with E-state index in [9.17, 15) is 9.90 Å². The fourth-order valence-corrected chi connectivity index (χ4v) is 3.06. The van der Waals surface area contributed by atoms with Crippen LogP contribution in [0.5, 0.6) is 0 Å². The Bertz CT molecular complexity index is 790. The number of carboxylic acid groups (broad SMARTS) is 1. The molecule has 4 rings (SSSR count). The maximum absolute atomic E-state index is 11.5. The van der Waals surface area contributed by atoms with Gasteiger partial charge in [-0.25, -0.2) is 19.7 Å². The van der Waals surface area contributed by atoms with Crippen LogP contribution < -0.4 is 5.73 Å². The van der Waals surface area contributed by atoms with Crippen molar-refractivity contribution in [1.82, 2.24) is 19.5 Å². The molecule has 0 unspecified atom stereocenters. The topological polar surface area (TPSA) is 135 Å². The van der Waals surface area contributed by atoms with Crippen LogP contribution in [-0.4, -0.2) is 54.7 Å². The number of anilines is 1. The minimum atomic E-state index is -1.14. The fraction of sp³-hybridized carbons (Fsp3) is 0.538. The van der Waals surface area contributed by atoms with Gasteiger partial charge in [-0.15, -0.1) is 0 Å². The van der Waals surface area contributed by atoms with Gasteiger partial charge in [0.05, 0.1) is 6.33 Å². The second kappa shape index (κ2) is 4.60. The molecule has 3 N–H and O–H groups in total. The van der Waals surface area contributed by atoms with Crippen molar-refractivity contribution in [3.63, 3.8) is 0 Å². The van der Waals surface area contributed by atoms with Gasteiger partial charge in [0.2, 0.25) is 0 Å². The molecular formula is C13H15N5O5. The molecule has 2 saturated heterocycles. The first-order chi connectivity index (χ1) is 10.9. The van der Waals surface area contributed by atoms with Crippen molar-refractivity contribution >= 4 is 23.0 Å². The van der Waals surface area contributed by atoms with Crippen molar-refractivity contribution in [3.05, 3.63) is 12.7 Å². The molecule has 10 nitrogen and oxygen atoms in total. The summed E-state index contributed by atoms with van der Waals surface area (Å²) in [7, 11) is 0. The normalized spacial score (nSPS) is 32.3. The smallest absolute Gasteiger partial charge is 0.335 e. The summed E-state index contributed by atoms with van der Waals surface area (Å²) < 4.78 is 18.8. The van der Waals surface area contributed by atoms with E-state index >= 15 is 0 Å². The van der Waals surface area contributed by atoms with Gasteiger partial charge in [0, 0.05) is 0 Å². The average molecular weight is 321 g/mol. The molecule has 4 heterocycles. The maximum Gasteiger partial charge on any atom is 0.335 e. The van der Waals surface area contributed by atoms with E-state index < -0.39 is 36.3 Å². The average Bonchev–Trinajstić information content (AvgIpc) is 3.09. The van der Waals surface area contributed by atoms with Crippen molar-refractivity contribution in [2.45, 2.75) is 44.2 Å². The van der Waals surface area contributed by atoms with Crippen molar-refractivity contribution in [3.8, 4) is 0 Å². The first-order valence-electron chi connectivity index (χ1n) is 7.04. The summed E-state index contributed by atoms with van der Waals surface area (Å²) in [5.41, 5.74) is 6.64. The van der Waals surface area contributed by atoms with E-state index in [0.717, 1.165) is 0 Å². The lowest BCUT2D eigenvalue weighted by Gasteiger charge is -2.23. The maximum atomic E-state index is 11.5. The first-order valence-corrected chi connectivity index (χ1v) is 7.04. The highest BCUT2D eigenvalue weighted by Crippen LogP contribution is 2.43. The van der Waals surface area contributed by atoms with Crippen LogP contribution in [0, 0.1) is 0 Å². The number of carbonyl (C=O) groups is 1. The van der Waals surface area contributed by atoms with Gasteiger partial charge in [0.1, 0.15) is 24.1 Å². The van der Waals surface area contributed by atoms with Crippen LogP contribution in [0.2, 0.25) is 0 Å². The molecular weight excluding hydrogens is 306 g/mol. The Morgan fingerprint density at radius 1 is 1.30 bits per heavy atom. The van der Waals surface area contributed by atoms with Gasteiger partial charge < -0.3 is 25.1 Å². The van der Waals surface area contributed by atoms with Crippen molar-refractivity contribution in [2.24, 2.45) is 0 Å². The lowest BCUT2D eigenvalue weighted by atomic mass is 10.1. The van der Waals surface area contributed by atoms with E-state index in [1.807, 2.05) is 0 Å². The number of carboxylic acids is 1. The summed E-state index contributed by atoms with van der Waals surface area (Å²) in [6.07, 6.45) is -0.391. The number of hydrogen-bond donors (Lipinski definition) is 2. The van der Waals surface area contributed by atoms with Gasteiger partial charge in [0.25, 0.3) is 0 Å². The zero-order valence-corrected chi connectivity index (χ0v) is 12.4.